The normalized spacial score (nSPS) is 14.8. The van der Waals surface area contributed by atoms with Gasteiger partial charge in [-0.3, -0.25) is 0 Å². The molecule has 0 aliphatic carbocycles. The zero-order chi connectivity index (χ0) is 12.0. The fourth-order valence-electron chi connectivity index (χ4n) is 1.68. The quantitative estimate of drug-likeness (QED) is 0.797. The molecule has 90 valence electrons. The van der Waals surface area contributed by atoms with Crippen molar-refractivity contribution in [2.24, 2.45) is 0 Å². The summed E-state index contributed by atoms with van der Waals surface area (Å²) in [6.07, 6.45) is 1.39. The van der Waals surface area contributed by atoms with Gasteiger partial charge in [0, 0.05) is 0 Å². The average Bonchev–Trinajstić information content (AvgIpc) is 2.31. The molecule has 16 heavy (non-hydrogen) atoms. The Hall–Kier alpha value is -0.860. The van der Waals surface area contributed by atoms with Crippen LogP contribution in [0.25, 0.3) is 0 Å². The standard InChI is InChI=1S/C14H23NO/c1-5-12(3)16-10-14(15-4)13-9-7-6-8-11(13)2/h6-9,12,14-15H,5,10H2,1-4H3. The van der Waals surface area contributed by atoms with E-state index in [1.807, 2.05) is 7.05 Å². The second-order valence-electron chi connectivity index (χ2n) is 4.25. The van der Waals surface area contributed by atoms with Gasteiger partial charge in [-0.15, -0.1) is 0 Å². The number of ether oxygens (including phenoxy) is 1. The van der Waals surface area contributed by atoms with E-state index in [2.05, 4.69) is 50.4 Å². The largest absolute Gasteiger partial charge is 0.377 e. The molecule has 1 rings (SSSR count). The molecule has 2 heteroatoms. The number of likely N-dealkylation sites (N-methyl/N-ethyl adjacent to an activating group) is 1. The predicted molar refractivity (Wildman–Crippen MR) is 68.7 cm³/mol. The van der Waals surface area contributed by atoms with E-state index in [1.54, 1.807) is 0 Å². The minimum atomic E-state index is 0.287. The van der Waals surface area contributed by atoms with E-state index in [0.29, 0.717) is 6.10 Å². The third kappa shape index (κ3) is 3.62. The lowest BCUT2D eigenvalue weighted by molar-refractivity contribution is 0.0486. The molecule has 0 amide bonds. The Morgan fingerprint density at radius 3 is 2.56 bits per heavy atom. The van der Waals surface area contributed by atoms with E-state index in [-0.39, 0.29) is 6.04 Å². The second kappa shape index (κ2) is 6.66. The van der Waals surface area contributed by atoms with Crippen molar-refractivity contribution in [3.63, 3.8) is 0 Å². The van der Waals surface area contributed by atoms with Gasteiger partial charge < -0.3 is 10.1 Å². The summed E-state index contributed by atoms with van der Waals surface area (Å²) in [4.78, 5) is 0. The van der Waals surface area contributed by atoms with Gasteiger partial charge >= 0.3 is 0 Å². The van der Waals surface area contributed by atoms with Gasteiger partial charge in [-0.05, 0) is 38.4 Å². The maximum absolute atomic E-state index is 5.79. The first kappa shape index (κ1) is 13.2. The third-order valence-electron chi connectivity index (χ3n) is 3.03. The van der Waals surface area contributed by atoms with E-state index in [0.717, 1.165) is 13.0 Å². The number of nitrogens with one attached hydrogen (secondary N) is 1. The monoisotopic (exact) mass is 221 g/mol. The van der Waals surface area contributed by atoms with E-state index in [4.69, 9.17) is 4.74 Å². The van der Waals surface area contributed by atoms with Gasteiger partial charge in [-0.2, -0.15) is 0 Å². The highest BCUT2D eigenvalue weighted by molar-refractivity contribution is 5.28. The van der Waals surface area contributed by atoms with Gasteiger partial charge in [0.1, 0.15) is 0 Å². The van der Waals surface area contributed by atoms with Crippen LogP contribution < -0.4 is 5.32 Å². The Bertz CT molecular complexity index is 311. The van der Waals surface area contributed by atoms with E-state index in [1.165, 1.54) is 11.1 Å². The first-order valence-electron chi connectivity index (χ1n) is 6.03. The topological polar surface area (TPSA) is 21.3 Å². The van der Waals surface area contributed by atoms with E-state index < -0.39 is 0 Å². The maximum atomic E-state index is 5.79. The summed E-state index contributed by atoms with van der Waals surface area (Å²) >= 11 is 0. The molecule has 0 fully saturated rings. The molecule has 0 spiro atoms. The number of aryl methyl sites for hydroxylation is 1. The van der Waals surface area contributed by atoms with Crippen LogP contribution in [0, 0.1) is 6.92 Å². The summed E-state index contributed by atoms with van der Waals surface area (Å²) in [6.45, 7) is 7.14. The van der Waals surface area contributed by atoms with Crippen molar-refractivity contribution in [2.75, 3.05) is 13.7 Å². The molecule has 0 saturated heterocycles. The zero-order valence-electron chi connectivity index (χ0n) is 10.8. The van der Waals surface area contributed by atoms with Crippen LogP contribution >= 0.6 is 0 Å². The van der Waals surface area contributed by atoms with Gasteiger partial charge in [0.2, 0.25) is 0 Å². The highest BCUT2D eigenvalue weighted by Crippen LogP contribution is 2.18. The molecule has 2 unspecified atom stereocenters. The Balaban J connectivity index is 2.64. The van der Waals surface area contributed by atoms with Gasteiger partial charge in [0.05, 0.1) is 18.8 Å². The fourth-order valence-corrected chi connectivity index (χ4v) is 1.68. The summed E-state index contributed by atoms with van der Waals surface area (Å²) in [5.74, 6) is 0. The van der Waals surface area contributed by atoms with Crippen LogP contribution in [-0.2, 0) is 4.74 Å². The zero-order valence-corrected chi connectivity index (χ0v) is 10.8. The number of rotatable bonds is 6. The SMILES string of the molecule is CCC(C)OCC(NC)c1ccccc1C. The van der Waals surface area contributed by atoms with Gasteiger partial charge in [0.25, 0.3) is 0 Å². The number of benzene rings is 1. The van der Waals surface area contributed by atoms with Crippen molar-refractivity contribution >= 4 is 0 Å². The summed E-state index contributed by atoms with van der Waals surface area (Å²) in [5.41, 5.74) is 2.64. The first-order valence-corrected chi connectivity index (χ1v) is 6.03. The van der Waals surface area contributed by atoms with Gasteiger partial charge in [-0.25, -0.2) is 0 Å². The number of hydrogen-bond acceptors (Lipinski definition) is 2. The van der Waals surface area contributed by atoms with Crippen molar-refractivity contribution in [1.29, 1.82) is 0 Å². The van der Waals surface area contributed by atoms with Crippen molar-refractivity contribution in [2.45, 2.75) is 39.3 Å². The van der Waals surface area contributed by atoms with Crippen LogP contribution in [0.2, 0.25) is 0 Å². The fraction of sp³-hybridized carbons (Fsp3) is 0.571. The molecule has 0 aliphatic rings. The minimum absolute atomic E-state index is 0.287. The Morgan fingerprint density at radius 1 is 1.31 bits per heavy atom. The van der Waals surface area contributed by atoms with Crippen LogP contribution in [-0.4, -0.2) is 19.8 Å². The Morgan fingerprint density at radius 2 is 2.00 bits per heavy atom. The van der Waals surface area contributed by atoms with Crippen LogP contribution in [0.3, 0.4) is 0 Å². The Labute approximate surface area is 99.0 Å². The van der Waals surface area contributed by atoms with Crippen molar-refractivity contribution in [3.8, 4) is 0 Å². The minimum Gasteiger partial charge on any atom is -0.377 e. The Kier molecular flexibility index (Phi) is 5.50. The molecule has 0 radical (unpaired) electrons. The molecule has 2 atom stereocenters. The lowest BCUT2D eigenvalue weighted by Crippen LogP contribution is -2.24. The highest BCUT2D eigenvalue weighted by atomic mass is 16.5. The predicted octanol–water partition coefficient (Wildman–Crippen LogP) is 3.07. The summed E-state index contributed by atoms with van der Waals surface area (Å²) < 4.78 is 5.79. The highest BCUT2D eigenvalue weighted by Gasteiger charge is 2.12. The first-order chi connectivity index (χ1) is 7.69. The van der Waals surface area contributed by atoms with Crippen LogP contribution in [0.1, 0.15) is 37.4 Å². The molecule has 2 nitrogen and oxygen atoms in total. The van der Waals surface area contributed by atoms with Crippen LogP contribution in [0.4, 0.5) is 0 Å². The maximum Gasteiger partial charge on any atom is 0.0665 e. The molecule has 0 bridgehead atoms. The molecule has 0 aromatic heterocycles. The van der Waals surface area contributed by atoms with E-state index >= 15 is 0 Å². The second-order valence-corrected chi connectivity index (χ2v) is 4.25. The molecular weight excluding hydrogens is 198 g/mol. The van der Waals surface area contributed by atoms with Gasteiger partial charge in [0.15, 0.2) is 0 Å². The summed E-state index contributed by atoms with van der Waals surface area (Å²) in [6, 6.07) is 8.74. The molecule has 0 heterocycles. The molecule has 1 N–H and O–H groups in total. The molecule has 1 aromatic rings. The lowest BCUT2D eigenvalue weighted by Gasteiger charge is -2.21. The third-order valence-corrected chi connectivity index (χ3v) is 3.03. The molecular formula is C14H23NO. The van der Waals surface area contributed by atoms with Gasteiger partial charge in [-0.1, -0.05) is 31.2 Å². The lowest BCUT2D eigenvalue weighted by atomic mass is 10.0. The van der Waals surface area contributed by atoms with Crippen LogP contribution in [0.5, 0.6) is 0 Å². The van der Waals surface area contributed by atoms with Crippen molar-refractivity contribution in [1.82, 2.24) is 5.32 Å². The van der Waals surface area contributed by atoms with E-state index in [9.17, 15) is 0 Å². The molecule has 0 aliphatic heterocycles. The van der Waals surface area contributed by atoms with Crippen LogP contribution in [0.15, 0.2) is 24.3 Å². The number of hydrogen-bond donors (Lipinski definition) is 1. The summed E-state index contributed by atoms with van der Waals surface area (Å²) in [5, 5.41) is 3.31. The molecule has 0 saturated carbocycles. The average molecular weight is 221 g/mol. The summed E-state index contributed by atoms with van der Waals surface area (Å²) in [7, 11) is 1.98. The van der Waals surface area contributed by atoms with Crippen molar-refractivity contribution < 1.29 is 4.74 Å². The molecule has 1 aromatic carbocycles. The van der Waals surface area contributed by atoms with Crippen molar-refractivity contribution in [3.05, 3.63) is 35.4 Å². The smallest absolute Gasteiger partial charge is 0.0665 e.